The predicted molar refractivity (Wildman–Crippen MR) is 67.4 cm³/mol. The lowest BCUT2D eigenvalue weighted by atomic mass is 10.3. The topological polar surface area (TPSA) is 52.6 Å². The summed E-state index contributed by atoms with van der Waals surface area (Å²) < 4.78 is 33.2. The van der Waals surface area contributed by atoms with Crippen molar-refractivity contribution >= 4 is 21.7 Å². The molecule has 1 aromatic carbocycles. The van der Waals surface area contributed by atoms with E-state index in [1.165, 1.54) is 7.11 Å². The van der Waals surface area contributed by atoms with Crippen LogP contribution in [0.15, 0.2) is 24.3 Å². The van der Waals surface area contributed by atoms with Crippen molar-refractivity contribution < 1.29 is 17.3 Å². The van der Waals surface area contributed by atoms with Crippen LogP contribution in [0.4, 0.5) is 0 Å². The van der Waals surface area contributed by atoms with Gasteiger partial charge >= 0.3 is 10.1 Å². The molecule has 0 radical (unpaired) electrons. The quantitative estimate of drug-likeness (QED) is 0.437. The first-order valence-corrected chi connectivity index (χ1v) is 7.31. The molecule has 0 spiro atoms. The molecule has 17 heavy (non-hydrogen) atoms. The Balaban J connectivity index is 2.69. The van der Waals surface area contributed by atoms with Crippen molar-refractivity contribution in [2.75, 3.05) is 18.7 Å². The van der Waals surface area contributed by atoms with Gasteiger partial charge in [-0.15, -0.1) is 11.6 Å². The van der Waals surface area contributed by atoms with Crippen molar-refractivity contribution in [3.8, 4) is 11.5 Å². The normalized spacial score (nSPS) is 11.2. The molecule has 1 rings (SSSR count). The van der Waals surface area contributed by atoms with Crippen molar-refractivity contribution in [3.63, 3.8) is 0 Å². The number of para-hydroxylation sites is 2. The average Bonchev–Trinajstić information content (AvgIpc) is 2.29. The summed E-state index contributed by atoms with van der Waals surface area (Å²) in [6.07, 6.45) is 1.14. The Morgan fingerprint density at radius 1 is 1.18 bits per heavy atom. The van der Waals surface area contributed by atoms with Crippen LogP contribution in [0.2, 0.25) is 0 Å². The molecule has 96 valence electrons. The molecule has 0 aliphatic rings. The maximum atomic E-state index is 11.6. The summed E-state index contributed by atoms with van der Waals surface area (Å²) in [5.74, 6) is 1.01. The Morgan fingerprint density at radius 3 is 2.41 bits per heavy atom. The van der Waals surface area contributed by atoms with Crippen LogP contribution in [-0.2, 0) is 10.1 Å². The van der Waals surface area contributed by atoms with E-state index in [0.29, 0.717) is 24.5 Å². The third-order valence-corrected chi connectivity index (χ3v) is 3.55. The molecule has 0 unspecified atom stereocenters. The number of benzene rings is 1. The van der Waals surface area contributed by atoms with Crippen molar-refractivity contribution in [1.82, 2.24) is 0 Å². The number of hydrogen-bond donors (Lipinski definition) is 0. The molecule has 0 heterocycles. The van der Waals surface area contributed by atoms with E-state index in [9.17, 15) is 8.42 Å². The summed E-state index contributed by atoms with van der Waals surface area (Å²) in [7, 11) is -2.12. The van der Waals surface area contributed by atoms with Gasteiger partial charge in [-0.25, -0.2) is 0 Å². The number of hydrogen-bond acceptors (Lipinski definition) is 4. The number of ether oxygens (including phenoxy) is 1. The van der Waals surface area contributed by atoms with Gasteiger partial charge in [-0.05, 0) is 25.0 Å². The first kappa shape index (κ1) is 14.1. The summed E-state index contributed by atoms with van der Waals surface area (Å²) in [4.78, 5) is 0. The van der Waals surface area contributed by atoms with Gasteiger partial charge in [0.25, 0.3) is 0 Å². The molecular formula is C11H15ClO4S. The fourth-order valence-electron chi connectivity index (χ4n) is 1.24. The van der Waals surface area contributed by atoms with Crippen LogP contribution < -0.4 is 8.92 Å². The maximum absolute atomic E-state index is 11.6. The predicted octanol–water partition coefficient (Wildman–Crippen LogP) is 2.42. The number of halogens is 1. The monoisotopic (exact) mass is 278 g/mol. The lowest BCUT2D eigenvalue weighted by molar-refractivity contribution is 0.390. The molecular weight excluding hydrogens is 264 g/mol. The van der Waals surface area contributed by atoms with Crippen LogP contribution in [0, 0.1) is 0 Å². The van der Waals surface area contributed by atoms with E-state index in [-0.39, 0.29) is 11.5 Å². The first-order valence-electron chi connectivity index (χ1n) is 5.20. The number of methoxy groups -OCH3 is 1. The van der Waals surface area contributed by atoms with Crippen molar-refractivity contribution in [3.05, 3.63) is 24.3 Å². The number of alkyl halides is 1. The van der Waals surface area contributed by atoms with Gasteiger partial charge in [-0.3, -0.25) is 0 Å². The van der Waals surface area contributed by atoms with Crippen LogP contribution in [-0.4, -0.2) is 27.2 Å². The van der Waals surface area contributed by atoms with Crippen LogP contribution >= 0.6 is 11.6 Å². The molecule has 0 aromatic heterocycles. The van der Waals surface area contributed by atoms with Crippen LogP contribution in [0.25, 0.3) is 0 Å². The summed E-state index contributed by atoms with van der Waals surface area (Å²) in [5.41, 5.74) is 0. The van der Waals surface area contributed by atoms with E-state index >= 15 is 0 Å². The van der Waals surface area contributed by atoms with Gasteiger partial charge in [0.15, 0.2) is 11.5 Å². The molecule has 0 saturated heterocycles. The van der Waals surface area contributed by atoms with Gasteiger partial charge < -0.3 is 8.92 Å². The van der Waals surface area contributed by atoms with Gasteiger partial charge in [0, 0.05) is 5.88 Å². The van der Waals surface area contributed by atoms with Crippen LogP contribution in [0.1, 0.15) is 12.8 Å². The summed E-state index contributed by atoms with van der Waals surface area (Å²) in [6, 6.07) is 6.62. The third-order valence-electron chi connectivity index (χ3n) is 2.06. The fraction of sp³-hybridized carbons (Fsp3) is 0.455. The molecule has 0 saturated carbocycles. The number of unbranched alkanes of at least 4 members (excludes halogenated alkanes) is 1. The molecule has 0 atom stereocenters. The SMILES string of the molecule is COc1ccccc1OS(=O)(=O)CCCCCl. The second kappa shape index (κ2) is 6.71. The van der Waals surface area contributed by atoms with Gasteiger partial charge in [-0.2, -0.15) is 8.42 Å². The Bertz CT molecular complexity index is 445. The lowest BCUT2D eigenvalue weighted by Gasteiger charge is -2.09. The highest BCUT2D eigenvalue weighted by Gasteiger charge is 2.15. The molecule has 0 aliphatic carbocycles. The fourth-order valence-corrected chi connectivity index (χ4v) is 2.48. The minimum Gasteiger partial charge on any atom is -0.493 e. The molecule has 0 bridgehead atoms. The molecule has 6 heteroatoms. The van der Waals surface area contributed by atoms with Crippen LogP contribution in [0.3, 0.4) is 0 Å². The molecule has 0 fully saturated rings. The van der Waals surface area contributed by atoms with Crippen molar-refractivity contribution in [1.29, 1.82) is 0 Å². The van der Waals surface area contributed by atoms with Gasteiger partial charge in [0.1, 0.15) is 0 Å². The van der Waals surface area contributed by atoms with Gasteiger partial charge in [-0.1, -0.05) is 12.1 Å². The zero-order chi connectivity index (χ0) is 12.7. The molecule has 0 aliphatic heterocycles. The molecule has 0 amide bonds. The standard InChI is InChI=1S/C11H15ClO4S/c1-15-10-6-2-3-7-11(10)16-17(13,14)9-5-4-8-12/h2-3,6-7H,4-5,8-9H2,1H3. The summed E-state index contributed by atoms with van der Waals surface area (Å²) in [6.45, 7) is 0. The third kappa shape index (κ3) is 4.83. The Kier molecular flexibility index (Phi) is 5.58. The highest BCUT2D eigenvalue weighted by atomic mass is 35.5. The zero-order valence-corrected chi connectivity index (χ0v) is 11.1. The molecule has 4 nitrogen and oxygen atoms in total. The van der Waals surface area contributed by atoms with E-state index in [2.05, 4.69) is 0 Å². The first-order chi connectivity index (χ1) is 8.09. The van der Waals surface area contributed by atoms with Crippen molar-refractivity contribution in [2.24, 2.45) is 0 Å². The second-order valence-corrected chi connectivity index (χ2v) is 5.46. The van der Waals surface area contributed by atoms with Gasteiger partial charge in [0.2, 0.25) is 0 Å². The Hall–Kier alpha value is -0.940. The Labute approximate surface area is 107 Å². The smallest absolute Gasteiger partial charge is 0.309 e. The van der Waals surface area contributed by atoms with E-state index in [4.69, 9.17) is 20.5 Å². The maximum Gasteiger partial charge on any atom is 0.309 e. The summed E-state index contributed by atoms with van der Waals surface area (Å²) >= 11 is 5.48. The minimum atomic E-state index is -3.58. The molecule has 0 N–H and O–H groups in total. The highest BCUT2D eigenvalue weighted by Crippen LogP contribution is 2.27. The Morgan fingerprint density at radius 2 is 1.82 bits per heavy atom. The van der Waals surface area contributed by atoms with Crippen LogP contribution in [0.5, 0.6) is 11.5 Å². The second-order valence-electron chi connectivity index (χ2n) is 3.39. The van der Waals surface area contributed by atoms with Gasteiger partial charge in [0.05, 0.1) is 12.9 Å². The van der Waals surface area contributed by atoms with E-state index in [1.807, 2.05) is 0 Å². The van der Waals surface area contributed by atoms with E-state index in [1.54, 1.807) is 24.3 Å². The van der Waals surface area contributed by atoms with Crippen molar-refractivity contribution in [2.45, 2.75) is 12.8 Å². The zero-order valence-electron chi connectivity index (χ0n) is 9.56. The van der Waals surface area contributed by atoms with E-state index < -0.39 is 10.1 Å². The minimum absolute atomic E-state index is 0.0439. The largest absolute Gasteiger partial charge is 0.493 e. The summed E-state index contributed by atoms with van der Waals surface area (Å²) in [5, 5.41) is 0. The number of rotatable bonds is 7. The highest BCUT2D eigenvalue weighted by molar-refractivity contribution is 7.87. The molecule has 1 aromatic rings. The average molecular weight is 279 g/mol. The lowest BCUT2D eigenvalue weighted by Crippen LogP contribution is -2.14. The van der Waals surface area contributed by atoms with E-state index in [0.717, 1.165) is 0 Å².